The van der Waals surface area contributed by atoms with Crippen molar-refractivity contribution in [3.63, 3.8) is 0 Å². The fourth-order valence-corrected chi connectivity index (χ4v) is 1.86. The topological polar surface area (TPSA) is 66.6 Å². The molecular formula is C14H22N2O2. The number of rotatable bonds is 5. The molecule has 0 heterocycles. The lowest BCUT2D eigenvalue weighted by Crippen LogP contribution is -2.36. The number of nitrogens with zero attached hydrogens (tertiary/aromatic N) is 1. The lowest BCUT2D eigenvalue weighted by Gasteiger charge is -2.24. The number of phenols is 1. The molecule has 4 nitrogen and oxygen atoms in total. The van der Waals surface area contributed by atoms with E-state index in [1.54, 1.807) is 23.1 Å². The Morgan fingerprint density at radius 1 is 1.50 bits per heavy atom. The minimum absolute atomic E-state index is 0.00435. The summed E-state index contributed by atoms with van der Waals surface area (Å²) in [6.45, 7) is 7.69. The van der Waals surface area contributed by atoms with Crippen molar-refractivity contribution in [3.05, 3.63) is 29.3 Å². The molecule has 0 aliphatic rings. The van der Waals surface area contributed by atoms with Gasteiger partial charge in [-0.1, -0.05) is 6.92 Å². The third-order valence-electron chi connectivity index (χ3n) is 3.04. The molecule has 0 bridgehead atoms. The van der Waals surface area contributed by atoms with Gasteiger partial charge in [0.15, 0.2) is 0 Å². The van der Waals surface area contributed by atoms with Crippen molar-refractivity contribution in [2.45, 2.75) is 20.8 Å². The first-order chi connectivity index (χ1) is 8.49. The van der Waals surface area contributed by atoms with Gasteiger partial charge in [0.1, 0.15) is 5.75 Å². The number of hydrogen-bond donors (Lipinski definition) is 2. The Hall–Kier alpha value is -1.55. The summed E-state index contributed by atoms with van der Waals surface area (Å²) in [6.07, 6.45) is 0. The van der Waals surface area contributed by atoms with Crippen LogP contribution in [0.25, 0.3) is 0 Å². The van der Waals surface area contributed by atoms with Gasteiger partial charge in [0.25, 0.3) is 5.91 Å². The van der Waals surface area contributed by atoms with E-state index < -0.39 is 0 Å². The Morgan fingerprint density at radius 3 is 2.67 bits per heavy atom. The van der Waals surface area contributed by atoms with Gasteiger partial charge in [-0.15, -0.1) is 0 Å². The fourth-order valence-electron chi connectivity index (χ4n) is 1.86. The third-order valence-corrected chi connectivity index (χ3v) is 3.04. The van der Waals surface area contributed by atoms with E-state index in [1.807, 2.05) is 20.8 Å². The van der Waals surface area contributed by atoms with Crippen molar-refractivity contribution in [2.24, 2.45) is 11.7 Å². The van der Waals surface area contributed by atoms with Crippen LogP contribution in [0.5, 0.6) is 5.75 Å². The van der Waals surface area contributed by atoms with E-state index in [4.69, 9.17) is 5.73 Å². The van der Waals surface area contributed by atoms with Crippen molar-refractivity contribution in [1.82, 2.24) is 4.90 Å². The predicted molar refractivity (Wildman–Crippen MR) is 72.6 cm³/mol. The summed E-state index contributed by atoms with van der Waals surface area (Å²) in [5.41, 5.74) is 7.02. The van der Waals surface area contributed by atoms with Crippen LogP contribution in [-0.4, -0.2) is 35.5 Å². The number of carbonyl (C=O) groups is 1. The molecule has 1 rings (SSSR count). The molecule has 1 amide bonds. The SMILES string of the molecule is CCN(CC(C)CN)C(=O)c1ccc(O)cc1C. The van der Waals surface area contributed by atoms with Gasteiger partial charge in [-0.05, 0) is 50.1 Å². The molecule has 1 unspecified atom stereocenters. The summed E-state index contributed by atoms with van der Waals surface area (Å²) in [5, 5.41) is 9.36. The molecule has 0 aromatic heterocycles. The largest absolute Gasteiger partial charge is 0.508 e. The highest BCUT2D eigenvalue weighted by molar-refractivity contribution is 5.95. The minimum atomic E-state index is -0.00435. The Labute approximate surface area is 108 Å². The van der Waals surface area contributed by atoms with Crippen molar-refractivity contribution >= 4 is 5.91 Å². The monoisotopic (exact) mass is 250 g/mol. The molecule has 100 valence electrons. The van der Waals surface area contributed by atoms with Crippen molar-refractivity contribution in [2.75, 3.05) is 19.6 Å². The summed E-state index contributed by atoms with van der Waals surface area (Å²) >= 11 is 0. The summed E-state index contributed by atoms with van der Waals surface area (Å²) in [6, 6.07) is 4.82. The van der Waals surface area contributed by atoms with E-state index >= 15 is 0 Å². The Morgan fingerprint density at radius 2 is 2.17 bits per heavy atom. The molecular weight excluding hydrogens is 228 g/mol. The van der Waals surface area contributed by atoms with Crippen LogP contribution in [0.15, 0.2) is 18.2 Å². The highest BCUT2D eigenvalue weighted by atomic mass is 16.3. The fraction of sp³-hybridized carbons (Fsp3) is 0.500. The second-order valence-electron chi connectivity index (χ2n) is 4.68. The maximum Gasteiger partial charge on any atom is 0.254 e. The average Bonchev–Trinajstić information content (AvgIpc) is 2.34. The first-order valence-electron chi connectivity index (χ1n) is 6.28. The number of amides is 1. The van der Waals surface area contributed by atoms with Gasteiger partial charge >= 0.3 is 0 Å². The molecule has 18 heavy (non-hydrogen) atoms. The van der Waals surface area contributed by atoms with Crippen LogP contribution in [0.2, 0.25) is 0 Å². The van der Waals surface area contributed by atoms with E-state index in [0.717, 1.165) is 5.56 Å². The van der Waals surface area contributed by atoms with E-state index in [-0.39, 0.29) is 17.6 Å². The zero-order chi connectivity index (χ0) is 13.7. The maximum absolute atomic E-state index is 12.4. The molecule has 1 atom stereocenters. The van der Waals surface area contributed by atoms with Gasteiger partial charge in [0.2, 0.25) is 0 Å². The number of aromatic hydroxyl groups is 1. The van der Waals surface area contributed by atoms with Gasteiger partial charge in [0.05, 0.1) is 0 Å². The Bertz CT molecular complexity index is 418. The number of aryl methyl sites for hydroxylation is 1. The standard InChI is InChI=1S/C14H22N2O2/c1-4-16(9-10(2)8-15)14(18)13-6-5-12(17)7-11(13)3/h5-7,10,17H,4,8-9,15H2,1-3H3. The second kappa shape index (κ2) is 6.40. The molecule has 0 spiro atoms. The van der Waals surface area contributed by atoms with E-state index in [1.165, 1.54) is 0 Å². The van der Waals surface area contributed by atoms with E-state index in [0.29, 0.717) is 25.2 Å². The normalized spacial score (nSPS) is 12.2. The Balaban J connectivity index is 2.89. The molecule has 3 N–H and O–H groups in total. The summed E-state index contributed by atoms with van der Waals surface area (Å²) in [4.78, 5) is 14.2. The smallest absolute Gasteiger partial charge is 0.254 e. The molecule has 0 fully saturated rings. The van der Waals surface area contributed by atoms with E-state index in [2.05, 4.69) is 0 Å². The summed E-state index contributed by atoms with van der Waals surface area (Å²) < 4.78 is 0. The van der Waals surface area contributed by atoms with Gasteiger partial charge in [-0.2, -0.15) is 0 Å². The van der Waals surface area contributed by atoms with Crippen LogP contribution >= 0.6 is 0 Å². The first kappa shape index (κ1) is 14.5. The van der Waals surface area contributed by atoms with Gasteiger partial charge in [0, 0.05) is 18.7 Å². The van der Waals surface area contributed by atoms with Crippen molar-refractivity contribution < 1.29 is 9.90 Å². The summed E-state index contributed by atoms with van der Waals surface area (Å²) in [7, 11) is 0. The molecule has 0 saturated heterocycles. The molecule has 1 aromatic carbocycles. The lowest BCUT2D eigenvalue weighted by atomic mass is 10.1. The Kier molecular flexibility index (Phi) is 5.16. The van der Waals surface area contributed by atoms with Gasteiger partial charge in [-0.25, -0.2) is 0 Å². The number of carbonyl (C=O) groups excluding carboxylic acids is 1. The molecule has 0 saturated carbocycles. The number of nitrogens with two attached hydrogens (primary N) is 1. The molecule has 4 heteroatoms. The quantitative estimate of drug-likeness (QED) is 0.836. The summed E-state index contributed by atoms with van der Waals surface area (Å²) in [5.74, 6) is 0.462. The van der Waals surface area contributed by atoms with Crippen LogP contribution in [0, 0.1) is 12.8 Å². The molecule has 1 aromatic rings. The second-order valence-corrected chi connectivity index (χ2v) is 4.68. The number of benzene rings is 1. The zero-order valence-electron chi connectivity index (χ0n) is 11.3. The van der Waals surface area contributed by atoms with Crippen LogP contribution in [0.1, 0.15) is 29.8 Å². The predicted octanol–water partition coefficient (Wildman–Crippen LogP) is 1.76. The van der Waals surface area contributed by atoms with E-state index in [9.17, 15) is 9.90 Å². The van der Waals surface area contributed by atoms with Gasteiger partial charge < -0.3 is 15.7 Å². The highest BCUT2D eigenvalue weighted by Crippen LogP contribution is 2.17. The van der Waals surface area contributed by atoms with Crippen molar-refractivity contribution in [1.29, 1.82) is 0 Å². The number of hydrogen-bond acceptors (Lipinski definition) is 3. The molecule has 0 aliphatic carbocycles. The third kappa shape index (κ3) is 3.47. The van der Waals surface area contributed by atoms with Crippen molar-refractivity contribution in [3.8, 4) is 5.75 Å². The van der Waals surface area contributed by atoms with Gasteiger partial charge in [-0.3, -0.25) is 4.79 Å². The number of phenolic OH excluding ortho intramolecular Hbond substituents is 1. The molecule has 0 radical (unpaired) electrons. The maximum atomic E-state index is 12.4. The van der Waals surface area contributed by atoms with Crippen LogP contribution < -0.4 is 5.73 Å². The van der Waals surface area contributed by atoms with Crippen LogP contribution in [0.4, 0.5) is 0 Å². The average molecular weight is 250 g/mol. The van der Waals surface area contributed by atoms with Crippen LogP contribution in [0.3, 0.4) is 0 Å². The highest BCUT2D eigenvalue weighted by Gasteiger charge is 2.18. The first-order valence-corrected chi connectivity index (χ1v) is 6.28. The zero-order valence-corrected chi connectivity index (χ0v) is 11.3. The minimum Gasteiger partial charge on any atom is -0.508 e. The van der Waals surface area contributed by atoms with Crippen LogP contribution in [-0.2, 0) is 0 Å². The molecule has 0 aliphatic heterocycles. The lowest BCUT2D eigenvalue weighted by molar-refractivity contribution is 0.0743.